The highest BCUT2D eigenvalue weighted by Crippen LogP contribution is 2.04. The minimum Gasteiger partial charge on any atom is -0.395 e. The standard InChI is InChI=1S/C13H22O.C6H13NO2.C3H6/c1-3-5-7-8-10-12-13(14)11-9-6-4-2;1-2-3-6(9)7-4-5-8;1-3-2/h3,7-8,10,12-14H,1,4-6,9,11H2,2H3;8H,2-5H2,1H3,(H,7,9);3H,1H2,2H3/b8-7+,12-10+;;/t13-;;/m0../s1. The Morgan fingerprint density at radius 3 is 2.31 bits per heavy atom. The van der Waals surface area contributed by atoms with E-state index in [9.17, 15) is 9.90 Å². The molecule has 1 amide bonds. The number of carbonyl (C=O) groups is 1. The van der Waals surface area contributed by atoms with Gasteiger partial charge in [-0.05, 0) is 26.2 Å². The average Bonchev–Trinajstić information content (AvgIpc) is 2.61. The first-order chi connectivity index (χ1) is 12.5. The zero-order valence-electron chi connectivity index (χ0n) is 17.1. The van der Waals surface area contributed by atoms with Crippen molar-refractivity contribution >= 4 is 5.91 Å². The average molecular weight is 368 g/mol. The van der Waals surface area contributed by atoms with Crippen LogP contribution in [-0.2, 0) is 4.79 Å². The number of amides is 1. The number of allylic oxidation sites excluding steroid dienone is 5. The van der Waals surface area contributed by atoms with Crippen LogP contribution in [0.4, 0.5) is 0 Å². The fourth-order valence-corrected chi connectivity index (χ4v) is 1.66. The lowest BCUT2D eigenvalue weighted by molar-refractivity contribution is -0.121. The summed E-state index contributed by atoms with van der Waals surface area (Å²) in [6, 6.07) is 0. The molecule has 4 heteroatoms. The monoisotopic (exact) mass is 367 g/mol. The SMILES string of the molecule is C=CC.C=CC/C=C/C=C/[C@@H](O)CCCCC.CCCC(=O)NCCO. The van der Waals surface area contributed by atoms with Crippen molar-refractivity contribution in [2.75, 3.05) is 13.2 Å². The largest absolute Gasteiger partial charge is 0.395 e. The van der Waals surface area contributed by atoms with Crippen LogP contribution in [-0.4, -0.2) is 35.4 Å². The summed E-state index contributed by atoms with van der Waals surface area (Å²) in [5.74, 6) is 0.0200. The molecule has 0 heterocycles. The molecule has 0 aliphatic carbocycles. The molecular formula is C22H41NO3. The van der Waals surface area contributed by atoms with Gasteiger partial charge in [0, 0.05) is 13.0 Å². The van der Waals surface area contributed by atoms with Gasteiger partial charge in [-0.2, -0.15) is 0 Å². The molecule has 0 saturated heterocycles. The van der Waals surface area contributed by atoms with E-state index >= 15 is 0 Å². The van der Waals surface area contributed by atoms with Crippen LogP contribution in [0, 0.1) is 0 Å². The lowest BCUT2D eigenvalue weighted by Gasteiger charge is -2.02. The molecule has 0 bridgehead atoms. The third-order valence-corrected chi connectivity index (χ3v) is 2.90. The Kier molecular flexibility index (Phi) is 31.6. The molecule has 0 aliphatic rings. The smallest absolute Gasteiger partial charge is 0.220 e. The zero-order chi connectivity index (χ0) is 20.5. The number of hydrogen-bond donors (Lipinski definition) is 3. The van der Waals surface area contributed by atoms with E-state index < -0.39 is 0 Å². The lowest BCUT2D eigenvalue weighted by Crippen LogP contribution is -2.25. The Labute approximate surface area is 161 Å². The van der Waals surface area contributed by atoms with Crippen molar-refractivity contribution in [3.8, 4) is 0 Å². The Morgan fingerprint density at radius 1 is 1.15 bits per heavy atom. The molecule has 0 rings (SSSR count). The topological polar surface area (TPSA) is 69.6 Å². The second-order valence-electron chi connectivity index (χ2n) is 5.63. The van der Waals surface area contributed by atoms with Gasteiger partial charge in [0.1, 0.15) is 0 Å². The quantitative estimate of drug-likeness (QED) is 0.266. The molecule has 152 valence electrons. The lowest BCUT2D eigenvalue weighted by atomic mass is 10.1. The Hall–Kier alpha value is -1.65. The van der Waals surface area contributed by atoms with Crippen molar-refractivity contribution < 1.29 is 15.0 Å². The van der Waals surface area contributed by atoms with E-state index in [1.165, 1.54) is 12.8 Å². The fourth-order valence-electron chi connectivity index (χ4n) is 1.66. The Balaban J connectivity index is -0.000000377. The number of carbonyl (C=O) groups excluding carboxylic acids is 1. The number of hydrogen-bond acceptors (Lipinski definition) is 3. The molecule has 26 heavy (non-hydrogen) atoms. The zero-order valence-corrected chi connectivity index (χ0v) is 17.1. The first-order valence-electron chi connectivity index (χ1n) is 9.60. The van der Waals surface area contributed by atoms with Crippen LogP contribution in [0.1, 0.15) is 65.7 Å². The number of rotatable bonds is 12. The van der Waals surface area contributed by atoms with Crippen LogP contribution in [0.3, 0.4) is 0 Å². The Bertz CT molecular complexity index is 362. The summed E-state index contributed by atoms with van der Waals surface area (Å²) in [6.45, 7) is 13.4. The van der Waals surface area contributed by atoms with E-state index in [2.05, 4.69) is 25.4 Å². The summed E-state index contributed by atoms with van der Waals surface area (Å²) in [6.07, 6.45) is 17.7. The highest BCUT2D eigenvalue weighted by atomic mass is 16.3. The van der Waals surface area contributed by atoms with Crippen LogP contribution < -0.4 is 5.32 Å². The molecule has 0 aliphatic heterocycles. The molecule has 0 fully saturated rings. The second kappa shape index (κ2) is 28.2. The van der Waals surface area contributed by atoms with Crippen LogP contribution >= 0.6 is 0 Å². The maximum absolute atomic E-state index is 10.6. The van der Waals surface area contributed by atoms with E-state index in [1.807, 2.05) is 44.2 Å². The Morgan fingerprint density at radius 2 is 1.81 bits per heavy atom. The number of aliphatic hydroxyl groups is 2. The van der Waals surface area contributed by atoms with Crippen molar-refractivity contribution in [3.05, 3.63) is 49.6 Å². The van der Waals surface area contributed by atoms with E-state index in [4.69, 9.17) is 5.11 Å². The van der Waals surface area contributed by atoms with Gasteiger partial charge in [0.2, 0.25) is 5.91 Å². The van der Waals surface area contributed by atoms with Crippen molar-refractivity contribution in [2.24, 2.45) is 0 Å². The molecule has 0 spiro atoms. The number of aliphatic hydroxyl groups excluding tert-OH is 2. The van der Waals surface area contributed by atoms with Crippen molar-refractivity contribution in [1.82, 2.24) is 5.32 Å². The highest BCUT2D eigenvalue weighted by Gasteiger charge is 1.96. The second-order valence-corrected chi connectivity index (χ2v) is 5.63. The molecule has 4 nitrogen and oxygen atoms in total. The summed E-state index contributed by atoms with van der Waals surface area (Å²) in [7, 11) is 0. The van der Waals surface area contributed by atoms with Gasteiger partial charge in [0.15, 0.2) is 0 Å². The third kappa shape index (κ3) is 33.8. The van der Waals surface area contributed by atoms with Gasteiger partial charge in [0.05, 0.1) is 12.7 Å². The predicted octanol–water partition coefficient (Wildman–Crippen LogP) is 4.70. The predicted molar refractivity (Wildman–Crippen MR) is 114 cm³/mol. The van der Waals surface area contributed by atoms with Crippen LogP contribution in [0.2, 0.25) is 0 Å². The van der Waals surface area contributed by atoms with Gasteiger partial charge in [-0.15, -0.1) is 13.2 Å². The summed E-state index contributed by atoms with van der Waals surface area (Å²) in [5.41, 5.74) is 0. The van der Waals surface area contributed by atoms with E-state index in [0.29, 0.717) is 13.0 Å². The van der Waals surface area contributed by atoms with Gasteiger partial charge < -0.3 is 15.5 Å². The van der Waals surface area contributed by atoms with Gasteiger partial charge in [-0.3, -0.25) is 4.79 Å². The summed E-state index contributed by atoms with van der Waals surface area (Å²) in [4.78, 5) is 10.6. The van der Waals surface area contributed by atoms with Crippen molar-refractivity contribution in [1.29, 1.82) is 0 Å². The maximum Gasteiger partial charge on any atom is 0.220 e. The molecule has 1 atom stereocenters. The first kappa shape index (κ1) is 29.1. The first-order valence-corrected chi connectivity index (χ1v) is 9.60. The summed E-state index contributed by atoms with van der Waals surface area (Å²) in [5, 5.41) is 20.3. The minimum atomic E-state index is -0.282. The van der Waals surface area contributed by atoms with E-state index in [1.54, 1.807) is 6.08 Å². The van der Waals surface area contributed by atoms with Crippen molar-refractivity contribution in [2.45, 2.75) is 71.8 Å². The van der Waals surface area contributed by atoms with E-state index in [0.717, 1.165) is 25.7 Å². The van der Waals surface area contributed by atoms with Crippen LogP contribution in [0.15, 0.2) is 49.6 Å². The minimum absolute atomic E-state index is 0.0200. The molecule has 0 saturated carbocycles. The van der Waals surface area contributed by atoms with Gasteiger partial charge in [-0.1, -0.05) is 69.6 Å². The summed E-state index contributed by atoms with van der Waals surface area (Å²) >= 11 is 0. The molecule has 0 aromatic heterocycles. The van der Waals surface area contributed by atoms with Crippen molar-refractivity contribution in [3.63, 3.8) is 0 Å². The molecule has 0 aromatic carbocycles. The molecular weight excluding hydrogens is 326 g/mol. The number of nitrogens with one attached hydrogen (secondary N) is 1. The molecule has 3 N–H and O–H groups in total. The molecule has 0 aromatic rings. The van der Waals surface area contributed by atoms with Gasteiger partial charge >= 0.3 is 0 Å². The third-order valence-electron chi connectivity index (χ3n) is 2.90. The number of unbranched alkanes of at least 4 members (excludes halogenated alkanes) is 2. The van der Waals surface area contributed by atoms with E-state index in [-0.39, 0.29) is 18.6 Å². The maximum atomic E-state index is 10.6. The normalized spacial score (nSPS) is 11.1. The fraction of sp³-hybridized carbons (Fsp3) is 0.591. The molecule has 0 radical (unpaired) electrons. The van der Waals surface area contributed by atoms with Gasteiger partial charge in [-0.25, -0.2) is 0 Å². The van der Waals surface area contributed by atoms with Crippen LogP contribution in [0.25, 0.3) is 0 Å². The summed E-state index contributed by atoms with van der Waals surface area (Å²) < 4.78 is 0. The van der Waals surface area contributed by atoms with Crippen LogP contribution in [0.5, 0.6) is 0 Å². The highest BCUT2D eigenvalue weighted by molar-refractivity contribution is 5.75. The molecule has 0 unspecified atom stereocenters. The van der Waals surface area contributed by atoms with Gasteiger partial charge in [0.25, 0.3) is 0 Å².